The maximum absolute atomic E-state index is 13.3. The molecule has 4 atom stereocenters. The number of aliphatic hydroxyl groups is 2. The number of benzene rings is 2. The van der Waals surface area contributed by atoms with Gasteiger partial charge in [-0.05, 0) is 73.2 Å². The molecule has 0 spiro atoms. The third-order valence-electron chi connectivity index (χ3n) is 5.77. The van der Waals surface area contributed by atoms with E-state index in [0.717, 1.165) is 16.1 Å². The summed E-state index contributed by atoms with van der Waals surface area (Å²) in [5, 5.41) is 25.1. The number of aryl methyl sites for hydroxylation is 2. The predicted molar refractivity (Wildman–Crippen MR) is 108 cm³/mol. The Morgan fingerprint density at radius 3 is 1.77 bits per heavy atom. The molecule has 0 radical (unpaired) electrons. The second-order valence-corrected chi connectivity index (χ2v) is 7.98. The van der Waals surface area contributed by atoms with Gasteiger partial charge < -0.3 is 19.7 Å². The molecule has 7 nitrogen and oxygen atoms in total. The van der Waals surface area contributed by atoms with Gasteiger partial charge in [0.25, 0.3) is 0 Å². The average molecular weight is 434 g/mol. The Labute approximate surface area is 178 Å². The molecule has 0 amide bonds. The highest BCUT2D eigenvalue weighted by Gasteiger charge is 2.32. The monoisotopic (exact) mass is 434 g/mol. The fraction of sp³-hybridized carbons (Fsp3) is 0.455. The highest BCUT2D eigenvalue weighted by molar-refractivity contribution is 5.36. The van der Waals surface area contributed by atoms with E-state index >= 15 is 0 Å². The summed E-state index contributed by atoms with van der Waals surface area (Å²) in [4.78, 5) is 11.3. The Morgan fingerprint density at radius 1 is 0.903 bits per heavy atom. The SMILES string of the molecule is O=NN(C[C@@H](O)[C@@H]1CCc2cc(F)ccc2O1)C[C@@H](O)[C@H]1CCc2cc(F)ccc2O1. The van der Waals surface area contributed by atoms with Crippen LogP contribution in [-0.2, 0) is 12.8 Å². The van der Waals surface area contributed by atoms with Crippen molar-refractivity contribution in [3.8, 4) is 11.5 Å². The summed E-state index contributed by atoms with van der Waals surface area (Å²) in [7, 11) is 0. The van der Waals surface area contributed by atoms with Crippen LogP contribution in [0.15, 0.2) is 41.7 Å². The lowest BCUT2D eigenvalue weighted by atomic mass is 9.98. The van der Waals surface area contributed by atoms with Gasteiger partial charge in [-0.2, -0.15) is 0 Å². The fourth-order valence-corrected chi connectivity index (χ4v) is 4.11. The molecule has 0 bridgehead atoms. The van der Waals surface area contributed by atoms with Gasteiger partial charge in [-0.25, -0.2) is 8.78 Å². The van der Waals surface area contributed by atoms with Gasteiger partial charge in [0, 0.05) is 0 Å². The maximum Gasteiger partial charge on any atom is 0.127 e. The first-order valence-electron chi connectivity index (χ1n) is 10.3. The number of nitrogens with zero attached hydrogens (tertiary/aromatic N) is 2. The average Bonchev–Trinajstić information content (AvgIpc) is 2.77. The molecule has 4 rings (SSSR count). The van der Waals surface area contributed by atoms with E-state index in [2.05, 4.69) is 5.29 Å². The summed E-state index contributed by atoms with van der Waals surface area (Å²) < 4.78 is 38.2. The van der Waals surface area contributed by atoms with Crippen molar-refractivity contribution in [3.05, 3.63) is 64.1 Å². The third kappa shape index (κ3) is 4.94. The van der Waals surface area contributed by atoms with Gasteiger partial charge in [-0.1, -0.05) is 0 Å². The molecule has 2 aromatic carbocycles. The van der Waals surface area contributed by atoms with Crippen molar-refractivity contribution >= 4 is 0 Å². The molecule has 166 valence electrons. The molecule has 2 heterocycles. The molecular weight excluding hydrogens is 410 g/mol. The molecule has 0 fully saturated rings. The van der Waals surface area contributed by atoms with Crippen molar-refractivity contribution in [2.24, 2.45) is 5.29 Å². The van der Waals surface area contributed by atoms with E-state index in [-0.39, 0.29) is 24.7 Å². The van der Waals surface area contributed by atoms with Crippen LogP contribution in [0.25, 0.3) is 0 Å². The van der Waals surface area contributed by atoms with E-state index < -0.39 is 24.4 Å². The van der Waals surface area contributed by atoms with E-state index in [0.29, 0.717) is 37.2 Å². The highest BCUT2D eigenvalue weighted by atomic mass is 19.1. The summed E-state index contributed by atoms with van der Waals surface area (Å²) in [6.07, 6.45) is -1.20. The Balaban J connectivity index is 1.32. The van der Waals surface area contributed by atoms with Gasteiger partial charge in [-0.15, -0.1) is 4.91 Å². The van der Waals surface area contributed by atoms with Gasteiger partial charge in [0.1, 0.15) is 47.5 Å². The summed E-state index contributed by atoms with van der Waals surface area (Å²) in [5.74, 6) is 0.329. The number of hydrogen-bond acceptors (Lipinski definition) is 6. The number of nitroso groups, excluding NO2 is 1. The van der Waals surface area contributed by atoms with Gasteiger partial charge in [0.2, 0.25) is 0 Å². The lowest BCUT2D eigenvalue weighted by molar-refractivity contribution is -0.0275. The van der Waals surface area contributed by atoms with Crippen LogP contribution in [0.1, 0.15) is 24.0 Å². The predicted octanol–water partition coefficient (Wildman–Crippen LogP) is 2.76. The zero-order chi connectivity index (χ0) is 22.0. The first kappa shape index (κ1) is 21.5. The zero-order valence-electron chi connectivity index (χ0n) is 16.8. The van der Waals surface area contributed by atoms with Gasteiger partial charge in [0.05, 0.1) is 18.4 Å². The molecule has 0 saturated heterocycles. The molecule has 2 aromatic rings. The lowest BCUT2D eigenvalue weighted by Gasteiger charge is -2.33. The normalized spacial score (nSPS) is 21.7. The summed E-state index contributed by atoms with van der Waals surface area (Å²) >= 11 is 0. The van der Waals surface area contributed by atoms with Gasteiger partial charge >= 0.3 is 0 Å². The summed E-state index contributed by atoms with van der Waals surface area (Å²) in [6, 6.07) is 8.44. The fourth-order valence-electron chi connectivity index (χ4n) is 4.11. The van der Waals surface area contributed by atoms with Crippen molar-refractivity contribution < 1.29 is 28.5 Å². The van der Waals surface area contributed by atoms with E-state index in [1.165, 1.54) is 36.4 Å². The standard InChI is InChI=1S/C22H24F2N2O5/c23-15-3-7-19-13(9-15)1-5-21(30-19)17(27)11-26(25-29)12-18(28)22-6-2-14-10-16(24)4-8-20(14)31-22/h3-4,7-10,17-18,21-22,27-28H,1-2,5-6,11-12H2/t17-,18-,21-,22+/m1/s1. The Hall–Kier alpha value is -2.78. The Morgan fingerprint density at radius 2 is 1.35 bits per heavy atom. The van der Waals surface area contributed by atoms with Gasteiger partial charge in [0.15, 0.2) is 0 Å². The maximum atomic E-state index is 13.3. The number of rotatable bonds is 7. The molecule has 9 heteroatoms. The first-order valence-corrected chi connectivity index (χ1v) is 10.3. The smallest absolute Gasteiger partial charge is 0.127 e. The molecule has 2 N–H and O–H groups in total. The molecule has 0 aromatic heterocycles. The van der Waals surface area contributed by atoms with Crippen molar-refractivity contribution in [1.82, 2.24) is 5.01 Å². The number of fused-ring (bicyclic) bond motifs is 2. The van der Waals surface area contributed by atoms with E-state index in [1.807, 2.05) is 0 Å². The van der Waals surface area contributed by atoms with Crippen LogP contribution in [0.5, 0.6) is 11.5 Å². The Bertz CT molecular complexity index is 873. The number of aliphatic hydroxyl groups excluding tert-OH is 2. The number of ether oxygens (including phenoxy) is 2. The molecule has 0 aliphatic carbocycles. The molecule has 0 saturated carbocycles. The molecular formula is C22H24F2N2O5. The highest BCUT2D eigenvalue weighted by Crippen LogP contribution is 2.31. The summed E-state index contributed by atoms with van der Waals surface area (Å²) in [5.41, 5.74) is 1.47. The van der Waals surface area contributed by atoms with Crippen LogP contribution in [-0.4, -0.2) is 52.7 Å². The van der Waals surface area contributed by atoms with Crippen molar-refractivity contribution in [1.29, 1.82) is 0 Å². The van der Waals surface area contributed by atoms with Crippen LogP contribution >= 0.6 is 0 Å². The van der Waals surface area contributed by atoms with E-state index in [4.69, 9.17) is 9.47 Å². The van der Waals surface area contributed by atoms with Crippen molar-refractivity contribution in [2.45, 2.75) is 50.1 Å². The zero-order valence-corrected chi connectivity index (χ0v) is 16.8. The van der Waals surface area contributed by atoms with Crippen LogP contribution < -0.4 is 9.47 Å². The van der Waals surface area contributed by atoms with Crippen LogP contribution in [0.2, 0.25) is 0 Å². The Kier molecular flexibility index (Phi) is 6.33. The topological polar surface area (TPSA) is 91.6 Å². The van der Waals surface area contributed by atoms with Crippen LogP contribution in [0, 0.1) is 16.5 Å². The first-order chi connectivity index (χ1) is 14.9. The van der Waals surface area contributed by atoms with Crippen LogP contribution in [0.4, 0.5) is 8.78 Å². The van der Waals surface area contributed by atoms with E-state index in [1.54, 1.807) is 0 Å². The molecule has 2 aliphatic heterocycles. The quantitative estimate of drug-likeness (QED) is 0.514. The minimum absolute atomic E-state index is 0.129. The molecule has 2 aliphatic rings. The van der Waals surface area contributed by atoms with Gasteiger partial charge in [-0.3, -0.25) is 5.01 Å². The number of hydrogen-bond donors (Lipinski definition) is 2. The third-order valence-corrected chi connectivity index (χ3v) is 5.77. The minimum atomic E-state index is -1.03. The van der Waals surface area contributed by atoms with Crippen LogP contribution in [0.3, 0.4) is 0 Å². The van der Waals surface area contributed by atoms with Crippen molar-refractivity contribution in [3.63, 3.8) is 0 Å². The second kappa shape index (κ2) is 9.15. The molecule has 0 unspecified atom stereocenters. The largest absolute Gasteiger partial charge is 0.487 e. The minimum Gasteiger partial charge on any atom is -0.487 e. The number of halogens is 2. The summed E-state index contributed by atoms with van der Waals surface area (Å²) in [6.45, 7) is -0.257. The lowest BCUT2D eigenvalue weighted by Crippen LogP contribution is -2.46. The molecule has 31 heavy (non-hydrogen) atoms. The second-order valence-electron chi connectivity index (χ2n) is 7.98. The van der Waals surface area contributed by atoms with E-state index in [9.17, 15) is 23.9 Å². The van der Waals surface area contributed by atoms with Crippen molar-refractivity contribution in [2.75, 3.05) is 13.1 Å².